The van der Waals surface area contributed by atoms with Crippen molar-refractivity contribution in [3.8, 4) is 5.88 Å². The second-order valence-corrected chi connectivity index (χ2v) is 5.90. The van der Waals surface area contributed by atoms with E-state index >= 15 is 0 Å². The second kappa shape index (κ2) is 7.87. The number of aryl methyl sites for hydroxylation is 1. The van der Waals surface area contributed by atoms with E-state index in [2.05, 4.69) is 30.6 Å². The minimum atomic E-state index is -0.160. The van der Waals surface area contributed by atoms with E-state index in [0.717, 1.165) is 25.1 Å². The van der Waals surface area contributed by atoms with Gasteiger partial charge in [0, 0.05) is 12.4 Å². The number of hydrogen-bond acceptors (Lipinski definition) is 7. The lowest BCUT2D eigenvalue weighted by atomic mass is 9.99. The van der Waals surface area contributed by atoms with Crippen molar-refractivity contribution in [2.75, 3.05) is 26.2 Å². The van der Waals surface area contributed by atoms with Gasteiger partial charge in [-0.25, -0.2) is 4.63 Å². The van der Waals surface area contributed by atoms with Crippen LogP contribution in [0.2, 0.25) is 0 Å². The Bertz CT molecular complexity index is 682. The Kier molecular flexibility index (Phi) is 5.37. The molecule has 8 nitrogen and oxygen atoms in total. The van der Waals surface area contributed by atoms with Crippen molar-refractivity contribution in [3.63, 3.8) is 0 Å². The Morgan fingerprint density at radius 1 is 1.46 bits per heavy atom. The lowest BCUT2D eigenvalue weighted by Gasteiger charge is -2.10. The van der Waals surface area contributed by atoms with Gasteiger partial charge in [0.1, 0.15) is 12.3 Å². The van der Waals surface area contributed by atoms with Crippen LogP contribution in [0.25, 0.3) is 0 Å². The highest BCUT2D eigenvalue weighted by atomic mass is 16.6. The molecule has 24 heavy (non-hydrogen) atoms. The maximum atomic E-state index is 12.2. The Morgan fingerprint density at radius 3 is 3.12 bits per heavy atom. The summed E-state index contributed by atoms with van der Waals surface area (Å²) in [7, 11) is 0. The van der Waals surface area contributed by atoms with Crippen molar-refractivity contribution in [1.82, 2.24) is 25.9 Å². The number of nitrogens with one attached hydrogen (secondary N) is 2. The Labute approximate surface area is 139 Å². The average Bonchev–Trinajstić information content (AvgIpc) is 3.24. The average molecular weight is 331 g/mol. The standard InChI is InChI=1S/C16H21N5O3/c1-11-16(21-24-20-11)23-5-4-19-15(22)14-7-13(9-18-10-14)6-12-2-3-17-8-12/h7,9-10,12,17H,2-6,8H2,1H3,(H,19,22). The van der Waals surface area contributed by atoms with E-state index in [0.29, 0.717) is 36.2 Å². The first-order valence-electron chi connectivity index (χ1n) is 8.07. The van der Waals surface area contributed by atoms with Crippen LogP contribution in [0, 0.1) is 12.8 Å². The van der Waals surface area contributed by atoms with E-state index in [1.54, 1.807) is 13.1 Å². The molecule has 1 aliphatic rings. The van der Waals surface area contributed by atoms with Crippen molar-refractivity contribution in [3.05, 3.63) is 35.3 Å². The number of carbonyl (C=O) groups excluding carboxylic acids is 1. The third-order valence-electron chi connectivity index (χ3n) is 3.98. The van der Waals surface area contributed by atoms with E-state index in [9.17, 15) is 4.79 Å². The van der Waals surface area contributed by atoms with Crippen LogP contribution in [0.1, 0.15) is 28.0 Å². The van der Waals surface area contributed by atoms with Gasteiger partial charge < -0.3 is 15.4 Å². The Balaban J connectivity index is 1.46. The summed E-state index contributed by atoms with van der Waals surface area (Å²) in [6.45, 7) is 4.49. The van der Waals surface area contributed by atoms with Crippen LogP contribution in [0.4, 0.5) is 0 Å². The van der Waals surface area contributed by atoms with Crippen molar-refractivity contribution in [2.45, 2.75) is 19.8 Å². The molecule has 0 bridgehead atoms. The summed E-state index contributed by atoms with van der Waals surface area (Å²) in [5.41, 5.74) is 2.24. The summed E-state index contributed by atoms with van der Waals surface area (Å²) >= 11 is 0. The van der Waals surface area contributed by atoms with Crippen LogP contribution in [0.3, 0.4) is 0 Å². The molecule has 2 N–H and O–H groups in total. The highest BCUT2D eigenvalue weighted by Crippen LogP contribution is 2.15. The van der Waals surface area contributed by atoms with Crippen molar-refractivity contribution in [1.29, 1.82) is 0 Å². The fourth-order valence-electron chi connectivity index (χ4n) is 2.71. The highest BCUT2D eigenvalue weighted by Gasteiger charge is 2.16. The summed E-state index contributed by atoms with van der Waals surface area (Å²) in [6.07, 6.45) is 5.53. The molecule has 1 amide bonds. The summed E-state index contributed by atoms with van der Waals surface area (Å²) in [5, 5.41) is 13.4. The van der Waals surface area contributed by atoms with Gasteiger partial charge in [-0.1, -0.05) is 5.16 Å². The molecule has 0 aromatic carbocycles. The Hall–Kier alpha value is -2.48. The van der Waals surface area contributed by atoms with Gasteiger partial charge in [-0.3, -0.25) is 9.78 Å². The number of rotatable bonds is 7. The van der Waals surface area contributed by atoms with Gasteiger partial charge in [0.2, 0.25) is 0 Å². The molecule has 1 fully saturated rings. The molecule has 2 aromatic rings. The van der Waals surface area contributed by atoms with Crippen molar-refractivity contribution >= 4 is 5.91 Å². The topological polar surface area (TPSA) is 102 Å². The predicted octanol–water partition coefficient (Wildman–Crippen LogP) is 0.734. The molecule has 1 atom stereocenters. The molecule has 0 radical (unpaired) electrons. The number of amides is 1. The fourth-order valence-corrected chi connectivity index (χ4v) is 2.71. The van der Waals surface area contributed by atoms with Crippen LogP contribution in [0.5, 0.6) is 5.88 Å². The third-order valence-corrected chi connectivity index (χ3v) is 3.98. The van der Waals surface area contributed by atoms with Gasteiger partial charge >= 0.3 is 0 Å². The first kappa shape index (κ1) is 16.4. The van der Waals surface area contributed by atoms with Gasteiger partial charge in [0.25, 0.3) is 11.8 Å². The van der Waals surface area contributed by atoms with E-state index in [4.69, 9.17) is 4.74 Å². The molecule has 2 aromatic heterocycles. The van der Waals surface area contributed by atoms with Gasteiger partial charge in [0.05, 0.1) is 12.1 Å². The molecule has 128 valence electrons. The zero-order valence-electron chi connectivity index (χ0n) is 13.6. The minimum absolute atomic E-state index is 0.160. The third kappa shape index (κ3) is 4.29. The molecule has 1 saturated heterocycles. The summed E-state index contributed by atoms with van der Waals surface area (Å²) in [5.74, 6) is 0.809. The monoisotopic (exact) mass is 331 g/mol. The summed E-state index contributed by atoms with van der Waals surface area (Å²) in [4.78, 5) is 16.4. The molecule has 0 saturated carbocycles. The maximum Gasteiger partial charge on any atom is 0.278 e. The molecule has 8 heteroatoms. The molecular weight excluding hydrogens is 310 g/mol. The SMILES string of the molecule is Cc1nonc1OCCNC(=O)c1cncc(CC2CCNC2)c1. The first-order chi connectivity index (χ1) is 11.7. The van der Waals surface area contributed by atoms with Crippen molar-refractivity contribution in [2.24, 2.45) is 5.92 Å². The van der Waals surface area contributed by atoms with Crippen LogP contribution < -0.4 is 15.4 Å². The first-order valence-corrected chi connectivity index (χ1v) is 8.07. The lowest BCUT2D eigenvalue weighted by Crippen LogP contribution is -2.28. The van der Waals surface area contributed by atoms with Crippen LogP contribution in [0.15, 0.2) is 23.1 Å². The Morgan fingerprint density at radius 2 is 2.38 bits per heavy atom. The molecule has 3 rings (SSSR count). The summed E-state index contributed by atoms with van der Waals surface area (Å²) in [6, 6.07) is 1.91. The van der Waals surface area contributed by atoms with Gasteiger partial charge in [-0.2, -0.15) is 0 Å². The molecule has 0 spiro atoms. The number of aromatic nitrogens is 3. The smallest absolute Gasteiger partial charge is 0.278 e. The number of nitrogens with zero attached hydrogens (tertiary/aromatic N) is 3. The van der Waals surface area contributed by atoms with Crippen molar-refractivity contribution < 1.29 is 14.2 Å². The second-order valence-electron chi connectivity index (χ2n) is 5.90. The van der Waals surface area contributed by atoms with Crippen LogP contribution in [-0.4, -0.2) is 47.4 Å². The summed E-state index contributed by atoms with van der Waals surface area (Å²) < 4.78 is 9.91. The van der Waals surface area contributed by atoms with Crippen LogP contribution in [-0.2, 0) is 6.42 Å². The number of hydrogen-bond donors (Lipinski definition) is 2. The normalized spacial score (nSPS) is 17.0. The number of ether oxygens (including phenoxy) is 1. The molecule has 3 heterocycles. The largest absolute Gasteiger partial charge is 0.472 e. The molecule has 1 aliphatic heterocycles. The molecule has 0 aliphatic carbocycles. The van der Waals surface area contributed by atoms with Gasteiger partial charge in [-0.15, -0.1) is 0 Å². The number of carbonyl (C=O) groups is 1. The minimum Gasteiger partial charge on any atom is -0.472 e. The zero-order valence-corrected chi connectivity index (χ0v) is 13.6. The zero-order chi connectivity index (χ0) is 16.8. The van der Waals surface area contributed by atoms with E-state index < -0.39 is 0 Å². The predicted molar refractivity (Wildman–Crippen MR) is 85.8 cm³/mol. The number of pyridine rings is 1. The van der Waals surface area contributed by atoms with E-state index in [-0.39, 0.29) is 5.91 Å². The lowest BCUT2D eigenvalue weighted by molar-refractivity contribution is 0.0945. The fraction of sp³-hybridized carbons (Fsp3) is 0.500. The highest BCUT2D eigenvalue weighted by molar-refractivity contribution is 5.93. The van der Waals surface area contributed by atoms with Gasteiger partial charge in [0.15, 0.2) is 0 Å². The van der Waals surface area contributed by atoms with Gasteiger partial charge in [-0.05, 0) is 55.6 Å². The van der Waals surface area contributed by atoms with Crippen LogP contribution >= 0.6 is 0 Å². The van der Waals surface area contributed by atoms with E-state index in [1.165, 1.54) is 6.42 Å². The quantitative estimate of drug-likeness (QED) is 0.721. The molecular formula is C16H21N5O3. The van der Waals surface area contributed by atoms with E-state index in [1.807, 2.05) is 12.3 Å². The maximum absolute atomic E-state index is 12.2. The molecule has 1 unspecified atom stereocenters.